The van der Waals surface area contributed by atoms with Crippen LogP contribution in [0.15, 0.2) is 99.9 Å². The molecule has 0 aromatic heterocycles. The Kier molecular flexibility index (Phi) is 8.95. The standard InChI is InChI=1S/C27H29NO4S/c1-2-3-4-11-16-26(28-32-21-22-12-7-5-8-13-22)27(29)23-17-19-25(20-18-23)33(30,31)24-14-9-6-10-15-24/h5-10,12-15,17-20H,2-4,11,16,21H2,1H3. The Hall–Kier alpha value is -3.25. The predicted molar refractivity (Wildman–Crippen MR) is 130 cm³/mol. The fourth-order valence-corrected chi connectivity index (χ4v) is 4.65. The van der Waals surface area contributed by atoms with Gasteiger partial charge in [0.25, 0.3) is 0 Å². The van der Waals surface area contributed by atoms with E-state index in [1.54, 1.807) is 30.3 Å². The van der Waals surface area contributed by atoms with Crippen LogP contribution in [-0.2, 0) is 21.3 Å². The Morgan fingerprint density at radius 3 is 2.03 bits per heavy atom. The molecule has 0 amide bonds. The minimum Gasteiger partial charge on any atom is -0.391 e. The molecule has 3 aromatic rings. The van der Waals surface area contributed by atoms with Gasteiger partial charge in [-0.2, -0.15) is 0 Å². The quantitative estimate of drug-likeness (QED) is 0.138. The second-order valence-electron chi connectivity index (χ2n) is 7.78. The molecule has 0 N–H and O–H groups in total. The molecule has 0 heterocycles. The van der Waals surface area contributed by atoms with Crippen LogP contribution in [0.2, 0.25) is 0 Å². The van der Waals surface area contributed by atoms with Crippen molar-refractivity contribution in [3.05, 3.63) is 96.1 Å². The van der Waals surface area contributed by atoms with Gasteiger partial charge < -0.3 is 4.84 Å². The molecule has 3 rings (SSSR count). The second-order valence-corrected chi connectivity index (χ2v) is 9.73. The van der Waals surface area contributed by atoms with Gasteiger partial charge in [0.2, 0.25) is 15.6 Å². The lowest BCUT2D eigenvalue weighted by Gasteiger charge is -2.08. The summed E-state index contributed by atoms with van der Waals surface area (Å²) in [4.78, 5) is 19.0. The number of oxime groups is 1. The minimum absolute atomic E-state index is 0.145. The molecule has 0 radical (unpaired) electrons. The van der Waals surface area contributed by atoms with E-state index in [9.17, 15) is 13.2 Å². The van der Waals surface area contributed by atoms with E-state index >= 15 is 0 Å². The van der Waals surface area contributed by atoms with Gasteiger partial charge in [0, 0.05) is 5.56 Å². The van der Waals surface area contributed by atoms with Gasteiger partial charge in [-0.3, -0.25) is 4.79 Å². The fraction of sp³-hybridized carbons (Fsp3) is 0.259. The topological polar surface area (TPSA) is 72.8 Å². The minimum atomic E-state index is -3.63. The maximum atomic E-state index is 13.1. The number of carbonyl (C=O) groups excluding carboxylic acids is 1. The summed E-state index contributed by atoms with van der Waals surface area (Å²) in [5.41, 5.74) is 1.70. The molecule has 0 atom stereocenters. The van der Waals surface area contributed by atoms with Gasteiger partial charge in [-0.1, -0.05) is 79.9 Å². The molecule has 0 spiro atoms. The van der Waals surface area contributed by atoms with Crippen molar-refractivity contribution in [2.24, 2.45) is 5.16 Å². The number of unbranched alkanes of at least 4 members (excludes halogenated alkanes) is 3. The first-order valence-corrected chi connectivity index (χ1v) is 12.7. The van der Waals surface area contributed by atoms with Crippen LogP contribution >= 0.6 is 0 Å². The van der Waals surface area contributed by atoms with Crippen molar-refractivity contribution in [1.29, 1.82) is 0 Å². The average Bonchev–Trinajstić information content (AvgIpc) is 2.86. The maximum Gasteiger partial charge on any atom is 0.210 e. The zero-order valence-electron chi connectivity index (χ0n) is 18.8. The summed E-state index contributed by atoms with van der Waals surface area (Å²) in [6, 6.07) is 23.9. The van der Waals surface area contributed by atoms with E-state index in [0.717, 1.165) is 31.2 Å². The van der Waals surface area contributed by atoms with Crippen molar-refractivity contribution in [2.75, 3.05) is 0 Å². The fourth-order valence-electron chi connectivity index (χ4n) is 3.37. The molecule has 33 heavy (non-hydrogen) atoms. The van der Waals surface area contributed by atoms with Crippen LogP contribution in [0.5, 0.6) is 0 Å². The van der Waals surface area contributed by atoms with Crippen molar-refractivity contribution >= 4 is 21.3 Å². The van der Waals surface area contributed by atoms with E-state index in [4.69, 9.17) is 4.84 Å². The molecule has 6 heteroatoms. The van der Waals surface area contributed by atoms with E-state index in [-0.39, 0.29) is 22.2 Å². The molecule has 0 saturated carbocycles. The number of ketones is 1. The molecule has 172 valence electrons. The van der Waals surface area contributed by atoms with E-state index in [1.165, 1.54) is 24.3 Å². The first-order valence-electron chi connectivity index (χ1n) is 11.2. The van der Waals surface area contributed by atoms with Crippen molar-refractivity contribution in [2.45, 2.75) is 55.4 Å². The number of hydrogen-bond donors (Lipinski definition) is 0. The number of Topliss-reactive ketones (excluding diaryl/α,β-unsaturated/α-hetero) is 1. The second kappa shape index (κ2) is 12.1. The molecule has 0 aliphatic rings. The third-order valence-corrected chi connectivity index (χ3v) is 7.04. The molecule has 0 fully saturated rings. The summed E-state index contributed by atoms with van der Waals surface area (Å²) in [7, 11) is -3.63. The number of rotatable bonds is 12. The lowest BCUT2D eigenvalue weighted by atomic mass is 10.0. The van der Waals surface area contributed by atoms with Gasteiger partial charge >= 0.3 is 0 Å². The third kappa shape index (κ3) is 6.86. The van der Waals surface area contributed by atoms with Gasteiger partial charge in [0.15, 0.2) is 0 Å². The van der Waals surface area contributed by atoms with E-state index in [1.807, 2.05) is 30.3 Å². The van der Waals surface area contributed by atoms with Crippen molar-refractivity contribution in [3.63, 3.8) is 0 Å². The third-order valence-electron chi connectivity index (χ3n) is 5.26. The average molecular weight is 464 g/mol. The predicted octanol–water partition coefficient (Wildman–Crippen LogP) is 6.25. The van der Waals surface area contributed by atoms with E-state index in [0.29, 0.717) is 17.7 Å². The molecule has 3 aromatic carbocycles. The van der Waals surface area contributed by atoms with Gasteiger partial charge in [-0.05, 0) is 54.8 Å². The molecular formula is C27H29NO4S. The Balaban J connectivity index is 1.75. The summed E-state index contributed by atoms with van der Waals surface area (Å²) in [6.07, 6.45) is 4.56. The number of sulfone groups is 1. The molecular weight excluding hydrogens is 434 g/mol. The molecule has 0 bridgehead atoms. The van der Waals surface area contributed by atoms with Crippen LogP contribution in [-0.4, -0.2) is 19.9 Å². The number of hydrogen-bond acceptors (Lipinski definition) is 5. The smallest absolute Gasteiger partial charge is 0.210 e. The molecule has 0 aliphatic carbocycles. The SMILES string of the molecule is CCCCCCC(=NOCc1ccccc1)C(=O)c1ccc(S(=O)(=O)c2ccccc2)cc1. The van der Waals surface area contributed by atoms with Gasteiger partial charge in [0.05, 0.1) is 9.79 Å². The van der Waals surface area contributed by atoms with Crippen LogP contribution < -0.4 is 0 Å². The first kappa shape index (κ1) is 24.4. The summed E-state index contributed by atoms with van der Waals surface area (Å²) in [5, 5.41) is 4.16. The van der Waals surface area contributed by atoms with Crippen LogP contribution in [0.3, 0.4) is 0 Å². The van der Waals surface area contributed by atoms with Crippen LogP contribution in [0.25, 0.3) is 0 Å². The Morgan fingerprint density at radius 1 is 0.788 bits per heavy atom. The maximum absolute atomic E-state index is 13.1. The van der Waals surface area contributed by atoms with E-state index < -0.39 is 9.84 Å². The highest BCUT2D eigenvalue weighted by atomic mass is 32.2. The highest BCUT2D eigenvalue weighted by Gasteiger charge is 2.19. The monoisotopic (exact) mass is 463 g/mol. The molecule has 5 nitrogen and oxygen atoms in total. The normalized spacial score (nSPS) is 11.8. The van der Waals surface area contributed by atoms with Crippen LogP contribution in [0.1, 0.15) is 54.9 Å². The lowest BCUT2D eigenvalue weighted by molar-refractivity contribution is 0.103. The van der Waals surface area contributed by atoms with Gasteiger partial charge in [0.1, 0.15) is 12.3 Å². The van der Waals surface area contributed by atoms with Crippen LogP contribution in [0.4, 0.5) is 0 Å². The van der Waals surface area contributed by atoms with Crippen molar-refractivity contribution in [3.8, 4) is 0 Å². The zero-order chi connectivity index (χ0) is 23.5. The first-order chi connectivity index (χ1) is 16.0. The summed E-state index contributed by atoms with van der Waals surface area (Å²) < 4.78 is 25.6. The summed E-state index contributed by atoms with van der Waals surface area (Å²) in [6.45, 7) is 2.41. The summed E-state index contributed by atoms with van der Waals surface area (Å²) in [5.74, 6) is -0.247. The largest absolute Gasteiger partial charge is 0.391 e. The van der Waals surface area contributed by atoms with Crippen molar-refractivity contribution in [1.82, 2.24) is 0 Å². The number of nitrogens with zero attached hydrogens (tertiary/aromatic N) is 1. The highest BCUT2D eigenvalue weighted by Crippen LogP contribution is 2.21. The Bertz CT molecular complexity index is 1160. The van der Waals surface area contributed by atoms with E-state index in [2.05, 4.69) is 12.1 Å². The van der Waals surface area contributed by atoms with Gasteiger partial charge in [-0.15, -0.1) is 0 Å². The Labute approximate surface area is 196 Å². The highest BCUT2D eigenvalue weighted by molar-refractivity contribution is 7.91. The number of benzene rings is 3. The molecule has 0 aliphatic heterocycles. The molecule has 0 saturated heterocycles. The van der Waals surface area contributed by atoms with Crippen LogP contribution in [0, 0.1) is 0 Å². The lowest BCUT2D eigenvalue weighted by Crippen LogP contribution is -2.15. The summed E-state index contributed by atoms with van der Waals surface area (Å²) >= 11 is 0. The Morgan fingerprint density at radius 2 is 1.39 bits per heavy atom. The zero-order valence-corrected chi connectivity index (χ0v) is 19.6. The van der Waals surface area contributed by atoms with Crippen molar-refractivity contribution < 1.29 is 18.0 Å². The number of carbonyl (C=O) groups is 1. The van der Waals surface area contributed by atoms with Gasteiger partial charge in [-0.25, -0.2) is 8.42 Å². The molecule has 0 unspecified atom stereocenters.